The summed E-state index contributed by atoms with van der Waals surface area (Å²) >= 11 is 0. The van der Waals surface area contributed by atoms with Crippen molar-refractivity contribution >= 4 is 5.82 Å². The topological polar surface area (TPSA) is 51.1 Å². The molecular weight excluding hydrogens is 336 g/mol. The summed E-state index contributed by atoms with van der Waals surface area (Å²) in [5.74, 6) is 3.28. The molecule has 138 valence electrons. The Morgan fingerprint density at radius 1 is 1.00 bits per heavy atom. The van der Waals surface area contributed by atoms with Crippen LogP contribution in [0.2, 0.25) is 0 Å². The first kappa shape index (κ1) is 17.5. The van der Waals surface area contributed by atoms with Gasteiger partial charge in [0.25, 0.3) is 0 Å². The number of hydrogen-bond acceptors (Lipinski definition) is 5. The SMILES string of the molecule is COc1cccc(C2CCN(c3cc(C)nc(-c4ccncc4)n3)CC2)c1. The van der Waals surface area contributed by atoms with Crippen molar-refractivity contribution in [3.05, 3.63) is 66.1 Å². The van der Waals surface area contributed by atoms with E-state index in [9.17, 15) is 0 Å². The fourth-order valence-electron chi connectivity index (χ4n) is 3.68. The van der Waals surface area contributed by atoms with Crippen LogP contribution in [0.1, 0.15) is 30.0 Å². The highest BCUT2D eigenvalue weighted by Crippen LogP contribution is 2.32. The van der Waals surface area contributed by atoms with E-state index in [0.29, 0.717) is 5.92 Å². The average molecular weight is 360 g/mol. The maximum absolute atomic E-state index is 5.37. The molecule has 2 aromatic heterocycles. The molecule has 0 N–H and O–H groups in total. The largest absolute Gasteiger partial charge is 0.497 e. The van der Waals surface area contributed by atoms with Gasteiger partial charge in [-0.3, -0.25) is 4.98 Å². The third kappa shape index (κ3) is 3.92. The maximum Gasteiger partial charge on any atom is 0.161 e. The molecule has 0 amide bonds. The van der Waals surface area contributed by atoms with Gasteiger partial charge in [-0.2, -0.15) is 0 Å². The summed E-state index contributed by atoms with van der Waals surface area (Å²) in [4.78, 5) is 15.9. The van der Waals surface area contributed by atoms with Crippen LogP contribution >= 0.6 is 0 Å². The van der Waals surface area contributed by atoms with Gasteiger partial charge in [0, 0.05) is 42.8 Å². The molecule has 1 aromatic carbocycles. The summed E-state index contributed by atoms with van der Waals surface area (Å²) < 4.78 is 5.37. The van der Waals surface area contributed by atoms with Crippen LogP contribution in [0.5, 0.6) is 5.75 Å². The third-order valence-corrected chi connectivity index (χ3v) is 5.16. The van der Waals surface area contributed by atoms with Crippen LogP contribution in [0.25, 0.3) is 11.4 Å². The molecule has 1 saturated heterocycles. The molecule has 0 spiro atoms. The first-order valence-corrected chi connectivity index (χ1v) is 9.38. The number of aromatic nitrogens is 3. The molecule has 0 bridgehead atoms. The molecule has 0 unspecified atom stereocenters. The van der Waals surface area contributed by atoms with Crippen molar-refractivity contribution in [3.8, 4) is 17.1 Å². The van der Waals surface area contributed by atoms with Gasteiger partial charge in [-0.25, -0.2) is 9.97 Å². The molecule has 5 heteroatoms. The van der Waals surface area contributed by atoms with E-state index in [-0.39, 0.29) is 0 Å². The molecule has 0 radical (unpaired) electrons. The first-order chi connectivity index (χ1) is 13.2. The second-order valence-electron chi connectivity index (χ2n) is 6.96. The third-order valence-electron chi connectivity index (χ3n) is 5.16. The predicted molar refractivity (Wildman–Crippen MR) is 107 cm³/mol. The highest BCUT2D eigenvalue weighted by Gasteiger charge is 2.22. The van der Waals surface area contributed by atoms with E-state index in [1.54, 1.807) is 19.5 Å². The zero-order valence-corrected chi connectivity index (χ0v) is 15.8. The normalized spacial score (nSPS) is 15.0. The number of piperidine rings is 1. The molecule has 0 saturated carbocycles. The number of benzene rings is 1. The van der Waals surface area contributed by atoms with Crippen molar-refractivity contribution in [2.24, 2.45) is 0 Å². The molecule has 1 aliphatic rings. The Morgan fingerprint density at radius 2 is 1.78 bits per heavy atom. The van der Waals surface area contributed by atoms with Crippen LogP contribution in [0, 0.1) is 6.92 Å². The predicted octanol–water partition coefficient (Wildman–Crippen LogP) is 4.24. The number of anilines is 1. The Hall–Kier alpha value is -2.95. The van der Waals surface area contributed by atoms with Crippen molar-refractivity contribution < 1.29 is 4.74 Å². The molecular formula is C22H24N4O. The monoisotopic (exact) mass is 360 g/mol. The van der Waals surface area contributed by atoms with E-state index in [4.69, 9.17) is 9.72 Å². The van der Waals surface area contributed by atoms with Gasteiger partial charge in [0.1, 0.15) is 11.6 Å². The second-order valence-corrected chi connectivity index (χ2v) is 6.96. The quantitative estimate of drug-likeness (QED) is 0.696. The Kier molecular flexibility index (Phi) is 5.01. The molecule has 27 heavy (non-hydrogen) atoms. The first-order valence-electron chi connectivity index (χ1n) is 9.38. The highest BCUT2D eigenvalue weighted by atomic mass is 16.5. The minimum absolute atomic E-state index is 0.568. The standard InChI is InChI=1S/C22H24N4O/c1-16-14-21(25-22(24-16)18-6-10-23-11-7-18)26-12-8-17(9-13-26)19-4-3-5-20(15-19)27-2/h3-7,10-11,14-15,17H,8-9,12-13H2,1-2H3. The number of nitrogens with zero attached hydrogens (tertiary/aromatic N) is 4. The van der Waals surface area contributed by atoms with Gasteiger partial charge in [-0.1, -0.05) is 12.1 Å². The van der Waals surface area contributed by atoms with Crippen molar-refractivity contribution in [2.45, 2.75) is 25.7 Å². The van der Waals surface area contributed by atoms with Gasteiger partial charge >= 0.3 is 0 Å². The Bertz CT molecular complexity index is 905. The average Bonchev–Trinajstić information content (AvgIpc) is 2.74. The van der Waals surface area contributed by atoms with Gasteiger partial charge in [0.05, 0.1) is 7.11 Å². The van der Waals surface area contributed by atoms with Crippen LogP contribution < -0.4 is 9.64 Å². The van der Waals surface area contributed by atoms with E-state index in [1.165, 1.54) is 5.56 Å². The molecule has 5 nitrogen and oxygen atoms in total. The summed E-state index contributed by atoms with van der Waals surface area (Å²) in [6.45, 7) is 4.01. The van der Waals surface area contributed by atoms with Gasteiger partial charge in [-0.05, 0) is 55.5 Å². The lowest BCUT2D eigenvalue weighted by molar-refractivity contribution is 0.412. The summed E-state index contributed by atoms with van der Waals surface area (Å²) in [5, 5.41) is 0. The minimum atomic E-state index is 0.568. The minimum Gasteiger partial charge on any atom is -0.497 e. The fourth-order valence-corrected chi connectivity index (χ4v) is 3.68. The number of aryl methyl sites for hydroxylation is 1. The zero-order chi connectivity index (χ0) is 18.6. The van der Waals surface area contributed by atoms with Crippen LogP contribution in [-0.2, 0) is 0 Å². The molecule has 3 aromatic rings. The molecule has 3 heterocycles. The summed E-state index contributed by atoms with van der Waals surface area (Å²) in [5.41, 5.74) is 3.35. The summed E-state index contributed by atoms with van der Waals surface area (Å²) in [7, 11) is 1.72. The Morgan fingerprint density at radius 3 is 2.52 bits per heavy atom. The lowest BCUT2D eigenvalue weighted by atomic mass is 9.89. The fraction of sp³-hybridized carbons (Fsp3) is 0.318. The van der Waals surface area contributed by atoms with E-state index in [2.05, 4.69) is 39.1 Å². The number of hydrogen-bond donors (Lipinski definition) is 0. The maximum atomic E-state index is 5.37. The smallest absolute Gasteiger partial charge is 0.161 e. The van der Waals surface area contributed by atoms with Gasteiger partial charge < -0.3 is 9.64 Å². The Balaban J connectivity index is 1.50. The second kappa shape index (κ2) is 7.74. The van der Waals surface area contributed by atoms with Gasteiger partial charge in [0.15, 0.2) is 5.82 Å². The lowest BCUT2D eigenvalue weighted by Gasteiger charge is -2.33. The van der Waals surface area contributed by atoms with E-state index in [0.717, 1.165) is 54.6 Å². The highest BCUT2D eigenvalue weighted by molar-refractivity contribution is 5.57. The van der Waals surface area contributed by atoms with E-state index >= 15 is 0 Å². The lowest BCUT2D eigenvalue weighted by Crippen LogP contribution is -2.33. The van der Waals surface area contributed by atoms with Crippen LogP contribution in [0.3, 0.4) is 0 Å². The number of pyridine rings is 1. The van der Waals surface area contributed by atoms with Crippen LogP contribution in [0.4, 0.5) is 5.82 Å². The Labute approximate surface area is 160 Å². The van der Waals surface area contributed by atoms with Gasteiger partial charge in [0.2, 0.25) is 0 Å². The van der Waals surface area contributed by atoms with Crippen molar-refractivity contribution in [1.29, 1.82) is 0 Å². The molecule has 1 aliphatic heterocycles. The van der Waals surface area contributed by atoms with E-state index < -0.39 is 0 Å². The molecule has 0 atom stereocenters. The summed E-state index contributed by atoms with van der Waals surface area (Å²) in [6, 6.07) is 14.4. The van der Waals surface area contributed by atoms with Crippen LogP contribution in [-0.4, -0.2) is 35.2 Å². The van der Waals surface area contributed by atoms with E-state index in [1.807, 2.05) is 25.1 Å². The van der Waals surface area contributed by atoms with Gasteiger partial charge in [-0.15, -0.1) is 0 Å². The number of rotatable bonds is 4. The van der Waals surface area contributed by atoms with Crippen molar-refractivity contribution in [3.63, 3.8) is 0 Å². The summed E-state index contributed by atoms with van der Waals surface area (Å²) in [6.07, 6.45) is 5.78. The van der Waals surface area contributed by atoms with Crippen LogP contribution in [0.15, 0.2) is 54.9 Å². The van der Waals surface area contributed by atoms with Crippen molar-refractivity contribution in [1.82, 2.24) is 15.0 Å². The number of methoxy groups -OCH3 is 1. The zero-order valence-electron chi connectivity index (χ0n) is 15.8. The van der Waals surface area contributed by atoms with Crippen molar-refractivity contribution in [2.75, 3.05) is 25.1 Å². The molecule has 1 fully saturated rings. The number of ether oxygens (including phenoxy) is 1. The molecule has 4 rings (SSSR count). The molecule has 0 aliphatic carbocycles.